The van der Waals surface area contributed by atoms with Crippen LogP contribution in [0.1, 0.15) is 65.6 Å². The van der Waals surface area contributed by atoms with Crippen molar-refractivity contribution < 1.29 is 32.5 Å². The summed E-state index contributed by atoms with van der Waals surface area (Å²) < 4.78 is 49.1. The first-order valence-corrected chi connectivity index (χ1v) is 10.3. The molecule has 1 saturated carbocycles. The standard InChI is InChI=1S/C24H25F3O4/c1-30-23(29)22-17(11-8-16-9-12-18(13-10-16)24(25,26)27)14-20(15-21(22)28)31-19-6-4-2-3-5-7-19/h8-15,19,28H,2-7H2,1H3. The Morgan fingerprint density at radius 3 is 2.26 bits per heavy atom. The third-order valence-corrected chi connectivity index (χ3v) is 5.31. The summed E-state index contributed by atoms with van der Waals surface area (Å²) in [6.07, 6.45) is 5.11. The zero-order chi connectivity index (χ0) is 22.4. The molecule has 7 heteroatoms. The number of carbonyl (C=O) groups excluding carboxylic acids is 1. The lowest BCUT2D eigenvalue weighted by molar-refractivity contribution is -0.137. The number of aromatic hydroxyl groups is 1. The molecule has 3 rings (SSSR count). The SMILES string of the molecule is COC(=O)c1c(O)cc(OC2CCCCCC2)cc1C=Cc1ccc(C(F)(F)F)cc1. The average Bonchev–Trinajstić information content (AvgIpc) is 3.00. The topological polar surface area (TPSA) is 55.8 Å². The lowest BCUT2D eigenvalue weighted by Crippen LogP contribution is -2.15. The minimum absolute atomic E-state index is 0.0288. The molecule has 1 N–H and O–H groups in total. The maximum Gasteiger partial charge on any atom is 0.416 e. The van der Waals surface area contributed by atoms with Crippen molar-refractivity contribution in [1.82, 2.24) is 0 Å². The van der Waals surface area contributed by atoms with E-state index >= 15 is 0 Å². The van der Waals surface area contributed by atoms with Crippen LogP contribution in [-0.4, -0.2) is 24.3 Å². The van der Waals surface area contributed by atoms with Crippen molar-refractivity contribution >= 4 is 18.1 Å². The molecule has 0 atom stereocenters. The zero-order valence-electron chi connectivity index (χ0n) is 17.2. The van der Waals surface area contributed by atoms with Gasteiger partial charge in [-0.05, 0) is 55.0 Å². The van der Waals surface area contributed by atoms with Crippen molar-refractivity contribution in [3.8, 4) is 11.5 Å². The molecule has 0 aliphatic heterocycles. The van der Waals surface area contributed by atoms with Gasteiger partial charge in [-0.15, -0.1) is 0 Å². The third-order valence-electron chi connectivity index (χ3n) is 5.31. The number of phenolic OH excluding ortho intramolecular Hbond substituents is 1. The number of ether oxygens (including phenoxy) is 2. The van der Waals surface area contributed by atoms with Crippen LogP contribution in [0.4, 0.5) is 13.2 Å². The fraction of sp³-hybridized carbons (Fsp3) is 0.375. The Labute approximate surface area is 179 Å². The predicted molar refractivity (Wildman–Crippen MR) is 112 cm³/mol. The van der Waals surface area contributed by atoms with Gasteiger partial charge in [0.1, 0.15) is 17.1 Å². The van der Waals surface area contributed by atoms with Gasteiger partial charge in [-0.2, -0.15) is 13.2 Å². The molecule has 1 aliphatic rings. The molecule has 166 valence electrons. The number of rotatable bonds is 5. The first-order valence-electron chi connectivity index (χ1n) is 10.3. The van der Waals surface area contributed by atoms with Crippen molar-refractivity contribution in [3.63, 3.8) is 0 Å². The Morgan fingerprint density at radius 2 is 1.68 bits per heavy atom. The van der Waals surface area contributed by atoms with Crippen molar-refractivity contribution in [1.29, 1.82) is 0 Å². The van der Waals surface area contributed by atoms with Gasteiger partial charge >= 0.3 is 12.1 Å². The number of hydrogen-bond acceptors (Lipinski definition) is 4. The van der Waals surface area contributed by atoms with Gasteiger partial charge in [0.25, 0.3) is 0 Å². The van der Waals surface area contributed by atoms with Crippen LogP contribution in [0.5, 0.6) is 11.5 Å². The number of phenols is 1. The van der Waals surface area contributed by atoms with Crippen molar-refractivity contribution in [2.45, 2.75) is 50.8 Å². The lowest BCUT2D eigenvalue weighted by Gasteiger charge is -2.18. The molecule has 0 amide bonds. The quantitative estimate of drug-likeness (QED) is 0.333. The molecule has 0 radical (unpaired) electrons. The number of halogens is 3. The summed E-state index contributed by atoms with van der Waals surface area (Å²) in [6, 6.07) is 7.68. The molecular formula is C24H25F3O4. The van der Waals surface area contributed by atoms with Crippen molar-refractivity contribution in [3.05, 3.63) is 58.7 Å². The highest BCUT2D eigenvalue weighted by atomic mass is 19.4. The monoisotopic (exact) mass is 434 g/mol. The number of benzene rings is 2. The Balaban J connectivity index is 1.89. The summed E-state index contributed by atoms with van der Waals surface area (Å²) in [6.45, 7) is 0. The van der Waals surface area contributed by atoms with E-state index in [1.54, 1.807) is 18.2 Å². The highest BCUT2D eigenvalue weighted by Gasteiger charge is 2.29. The summed E-state index contributed by atoms with van der Waals surface area (Å²) >= 11 is 0. The first kappa shape index (κ1) is 22.7. The molecule has 0 unspecified atom stereocenters. The molecule has 0 aromatic heterocycles. The normalized spacial score (nSPS) is 15.6. The molecule has 1 aliphatic carbocycles. The van der Waals surface area contributed by atoms with E-state index in [1.807, 2.05) is 0 Å². The van der Waals surface area contributed by atoms with Gasteiger partial charge in [0.2, 0.25) is 0 Å². The number of carbonyl (C=O) groups is 1. The minimum Gasteiger partial charge on any atom is -0.507 e. The fourth-order valence-corrected chi connectivity index (χ4v) is 3.67. The van der Waals surface area contributed by atoms with Gasteiger partial charge in [-0.3, -0.25) is 0 Å². The van der Waals surface area contributed by atoms with Gasteiger partial charge in [-0.25, -0.2) is 4.79 Å². The number of alkyl halides is 3. The smallest absolute Gasteiger partial charge is 0.416 e. The highest BCUT2D eigenvalue weighted by Crippen LogP contribution is 2.33. The third kappa shape index (κ3) is 6.03. The van der Waals surface area contributed by atoms with Crippen LogP contribution in [0.15, 0.2) is 36.4 Å². The van der Waals surface area contributed by atoms with E-state index < -0.39 is 17.7 Å². The van der Waals surface area contributed by atoms with Gasteiger partial charge in [0.15, 0.2) is 0 Å². The second-order valence-electron chi connectivity index (χ2n) is 7.58. The van der Waals surface area contributed by atoms with Crippen LogP contribution in [0.25, 0.3) is 12.2 Å². The molecule has 0 bridgehead atoms. The molecule has 0 spiro atoms. The van der Waals surface area contributed by atoms with Gasteiger partial charge in [0.05, 0.1) is 18.8 Å². The summed E-state index contributed by atoms with van der Waals surface area (Å²) in [7, 11) is 1.21. The van der Waals surface area contributed by atoms with Crippen LogP contribution >= 0.6 is 0 Å². The molecule has 2 aromatic carbocycles. The summed E-state index contributed by atoms with van der Waals surface area (Å²) in [5.41, 5.74) is 0.101. The number of hydrogen-bond donors (Lipinski definition) is 1. The summed E-state index contributed by atoms with van der Waals surface area (Å²) in [5.74, 6) is -0.556. The Bertz CT molecular complexity index is 925. The van der Waals surface area contributed by atoms with E-state index in [2.05, 4.69) is 0 Å². The molecule has 2 aromatic rings. The first-order chi connectivity index (χ1) is 14.8. The Kier molecular flexibility index (Phi) is 7.25. The summed E-state index contributed by atoms with van der Waals surface area (Å²) in [4.78, 5) is 12.2. The molecule has 31 heavy (non-hydrogen) atoms. The maximum atomic E-state index is 12.7. The van der Waals surface area contributed by atoms with Gasteiger partial charge in [-0.1, -0.05) is 37.1 Å². The van der Waals surface area contributed by atoms with Crippen LogP contribution in [-0.2, 0) is 10.9 Å². The average molecular weight is 434 g/mol. The van der Waals surface area contributed by atoms with E-state index in [0.717, 1.165) is 37.8 Å². The molecule has 0 saturated heterocycles. The molecule has 1 fully saturated rings. The lowest BCUT2D eigenvalue weighted by atomic mass is 10.0. The Morgan fingerprint density at radius 1 is 1.03 bits per heavy atom. The second kappa shape index (κ2) is 9.90. The van der Waals surface area contributed by atoms with Gasteiger partial charge < -0.3 is 14.6 Å². The Hall–Kier alpha value is -2.96. The fourth-order valence-electron chi connectivity index (χ4n) is 3.67. The maximum absolute atomic E-state index is 12.7. The molecule has 4 nitrogen and oxygen atoms in total. The molecule has 0 heterocycles. The van der Waals surface area contributed by atoms with Crippen LogP contribution in [0.2, 0.25) is 0 Å². The summed E-state index contributed by atoms with van der Waals surface area (Å²) in [5, 5.41) is 10.4. The van der Waals surface area contributed by atoms with E-state index in [1.165, 1.54) is 38.2 Å². The zero-order valence-corrected chi connectivity index (χ0v) is 17.2. The van der Waals surface area contributed by atoms with Crippen molar-refractivity contribution in [2.75, 3.05) is 7.11 Å². The molecular weight excluding hydrogens is 409 g/mol. The van der Waals surface area contributed by atoms with Crippen LogP contribution < -0.4 is 4.74 Å². The highest BCUT2D eigenvalue weighted by molar-refractivity contribution is 5.98. The van der Waals surface area contributed by atoms with E-state index in [4.69, 9.17) is 9.47 Å². The minimum atomic E-state index is -4.41. The van der Waals surface area contributed by atoms with Gasteiger partial charge in [0, 0.05) is 6.07 Å². The predicted octanol–water partition coefficient (Wildman–Crippen LogP) is 6.47. The second-order valence-corrected chi connectivity index (χ2v) is 7.58. The van der Waals surface area contributed by atoms with Crippen LogP contribution in [0.3, 0.4) is 0 Å². The van der Waals surface area contributed by atoms with E-state index in [0.29, 0.717) is 16.9 Å². The van der Waals surface area contributed by atoms with E-state index in [9.17, 15) is 23.1 Å². The number of methoxy groups -OCH3 is 1. The number of esters is 1. The van der Waals surface area contributed by atoms with Crippen LogP contribution in [0, 0.1) is 0 Å². The largest absolute Gasteiger partial charge is 0.507 e. The van der Waals surface area contributed by atoms with Crippen molar-refractivity contribution in [2.24, 2.45) is 0 Å². The van der Waals surface area contributed by atoms with E-state index in [-0.39, 0.29) is 17.4 Å².